The molecule has 4 nitrogen and oxygen atoms in total. The molecule has 0 spiro atoms. The largest absolute Gasteiger partial charge is 0.324 e. The van der Waals surface area contributed by atoms with Crippen molar-refractivity contribution in [3.8, 4) is 0 Å². The van der Waals surface area contributed by atoms with Crippen LogP contribution >= 0.6 is 35.6 Å². The number of carbonyl (C=O) groups excluding carboxylic acids is 1. The molecule has 1 aliphatic rings. The number of benzene rings is 1. The first-order valence-corrected chi connectivity index (χ1v) is 7.01. The molecule has 0 unspecified atom stereocenters. The van der Waals surface area contributed by atoms with Gasteiger partial charge >= 0.3 is 0 Å². The van der Waals surface area contributed by atoms with Crippen LogP contribution in [0.1, 0.15) is 6.92 Å². The van der Waals surface area contributed by atoms with Crippen LogP contribution in [0.3, 0.4) is 0 Å². The van der Waals surface area contributed by atoms with Gasteiger partial charge < -0.3 is 10.6 Å². The van der Waals surface area contributed by atoms with Gasteiger partial charge in [0.2, 0.25) is 5.91 Å². The van der Waals surface area contributed by atoms with Gasteiger partial charge in [0, 0.05) is 30.7 Å². The lowest BCUT2D eigenvalue weighted by Crippen LogP contribution is -2.51. The summed E-state index contributed by atoms with van der Waals surface area (Å²) in [5.74, 6) is -0.0714. The van der Waals surface area contributed by atoms with Crippen molar-refractivity contribution in [2.24, 2.45) is 0 Å². The molecule has 0 aromatic heterocycles. The van der Waals surface area contributed by atoms with E-state index in [1.165, 1.54) is 0 Å². The van der Waals surface area contributed by atoms with Gasteiger partial charge in [0.15, 0.2) is 0 Å². The number of carbonyl (C=O) groups is 1. The molecule has 20 heavy (non-hydrogen) atoms. The van der Waals surface area contributed by atoms with Crippen molar-refractivity contribution in [2.45, 2.75) is 13.0 Å². The number of nitrogens with zero attached hydrogens (tertiary/aromatic N) is 1. The fourth-order valence-corrected chi connectivity index (χ4v) is 2.42. The van der Waals surface area contributed by atoms with Crippen LogP contribution in [-0.2, 0) is 4.79 Å². The van der Waals surface area contributed by atoms with E-state index in [9.17, 15) is 4.79 Å². The highest BCUT2D eigenvalue weighted by molar-refractivity contribution is 6.35. The Morgan fingerprint density at radius 1 is 1.50 bits per heavy atom. The Hall–Kier alpha value is -0.520. The highest BCUT2D eigenvalue weighted by atomic mass is 35.5. The minimum atomic E-state index is -0.0714. The van der Waals surface area contributed by atoms with Gasteiger partial charge in [0.1, 0.15) is 0 Å². The van der Waals surface area contributed by atoms with Gasteiger partial charge in [-0.3, -0.25) is 9.69 Å². The van der Waals surface area contributed by atoms with Crippen LogP contribution in [0.2, 0.25) is 10.0 Å². The summed E-state index contributed by atoms with van der Waals surface area (Å²) in [6, 6.07) is 5.38. The zero-order chi connectivity index (χ0) is 13.8. The van der Waals surface area contributed by atoms with Gasteiger partial charge in [-0.05, 0) is 25.1 Å². The van der Waals surface area contributed by atoms with E-state index in [4.69, 9.17) is 23.2 Å². The molecule has 1 fully saturated rings. The summed E-state index contributed by atoms with van der Waals surface area (Å²) in [6.45, 7) is 5.16. The Labute approximate surface area is 135 Å². The zero-order valence-electron chi connectivity index (χ0n) is 11.2. The molecule has 1 aromatic rings. The number of amides is 1. The third-order valence-corrected chi connectivity index (χ3v) is 3.75. The van der Waals surface area contributed by atoms with Crippen molar-refractivity contribution in [1.82, 2.24) is 10.2 Å². The average molecular weight is 339 g/mol. The van der Waals surface area contributed by atoms with Crippen molar-refractivity contribution in [1.29, 1.82) is 0 Å². The summed E-state index contributed by atoms with van der Waals surface area (Å²) in [6.07, 6.45) is 0. The number of hydrogen-bond donors (Lipinski definition) is 2. The molecule has 0 radical (unpaired) electrons. The Kier molecular flexibility index (Phi) is 7.06. The van der Waals surface area contributed by atoms with E-state index in [1.807, 2.05) is 0 Å². The van der Waals surface area contributed by atoms with Crippen LogP contribution in [0.15, 0.2) is 18.2 Å². The van der Waals surface area contributed by atoms with Crippen LogP contribution < -0.4 is 10.6 Å². The molecule has 2 N–H and O–H groups in total. The summed E-state index contributed by atoms with van der Waals surface area (Å²) >= 11 is 11.9. The molecule has 0 saturated carbocycles. The quantitative estimate of drug-likeness (QED) is 0.890. The first-order valence-electron chi connectivity index (χ1n) is 6.26. The third-order valence-electron chi connectivity index (χ3n) is 3.19. The van der Waals surface area contributed by atoms with Crippen molar-refractivity contribution < 1.29 is 4.79 Å². The highest BCUT2D eigenvalue weighted by Crippen LogP contribution is 2.25. The van der Waals surface area contributed by atoms with E-state index < -0.39 is 0 Å². The van der Waals surface area contributed by atoms with Crippen LogP contribution in [0.5, 0.6) is 0 Å². The van der Waals surface area contributed by atoms with Crippen molar-refractivity contribution in [3.05, 3.63) is 28.2 Å². The molecule has 1 saturated heterocycles. The normalized spacial score (nSPS) is 19.2. The molecule has 1 atom stereocenters. The van der Waals surface area contributed by atoms with Gasteiger partial charge in [-0.15, -0.1) is 12.4 Å². The first-order chi connectivity index (χ1) is 9.06. The topological polar surface area (TPSA) is 44.4 Å². The van der Waals surface area contributed by atoms with E-state index in [0.29, 0.717) is 28.3 Å². The van der Waals surface area contributed by atoms with Crippen molar-refractivity contribution in [2.75, 3.05) is 31.5 Å². The standard InChI is InChI=1S/C13H17Cl2N3O.ClH/c1-9-7-16-4-5-18(9)8-13(19)17-12-6-10(14)2-3-11(12)15;/h2-3,6,9,16H,4-5,7-8H2,1H3,(H,17,19);1H/t9-;/m0./s1. The lowest BCUT2D eigenvalue weighted by Gasteiger charge is -2.33. The number of hydrogen-bond acceptors (Lipinski definition) is 3. The molecule has 0 aliphatic carbocycles. The lowest BCUT2D eigenvalue weighted by molar-refractivity contribution is -0.118. The molecule has 1 aliphatic heterocycles. The number of nitrogens with one attached hydrogen (secondary N) is 2. The van der Waals surface area contributed by atoms with Crippen molar-refractivity contribution >= 4 is 47.2 Å². The molecule has 0 bridgehead atoms. The van der Waals surface area contributed by atoms with Crippen LogP contribution in [0, 0.1) is 0 Å². The summed E-state index contributed by atoms with van der Waals surface area (Å²) in [5.41, 5.74) is 0.557. The summed E-state index contributed by atoms with van der Waals surface area (Å²) in [7, 11) is 0. The Morgan fingerprint density at radius 3 is 2.95 bits per heavy atom. The first kappa shape index (κ1) is 17.5. The molecular formula is C13H18Cl3N3O. The number of anilines is 1. The fourth-order valence-electron chi connectivity index (χ4n) is 2.09. The maximum atomic E-state index is 12.0. The average Bonchev–Trinajstić information content (AvgIpc) is 2.37. The predicted molar refractivity (Wildman–Crippen MR) is 86.2 cm³/mol. The van der Waals surface area contributed by atoms with Gasteiger partial charge in [-0.1, -0.05) is 23.2 Å². The summed E-state index contributed by atoms with van der Waals surface area (Å²) in [5, 5.41) is 7.14. The van der Waals surface area contributed by atoms with Crippen LogP contribution in [0.4, 0.5) is 5.69 Å². The minimum Gasteiger partial charge on any atom is -0.324 e. The Bertz CT molecular complexity index is 470. The second-order valence-corrected chi connectivity index (χ2v) is 5.54. The monoisotopic (exact) mass is 337 g/mol. The highest BCUT2D eigenvalue weighted by Gasteiger charge is 2.20. The second-order valence-electron chi connectivity index (χ2n) is 4.70. The predicted octanol–water partition coefficient (Wildman–Crippen LogP) is 2.65. The molecule has 2 rings (SSSR count). The number of halogens is 3. The smallest absolute Gasteiger partial charge is 0.238 e. The summed E-state index contributed by atoms with van der Waals surface area (Å²) < 4.78 is 0. The van der Waals surface area contributed by atoms with Gasteiger partial charge in [-0.25, -0.2) is 0 Å². The fraction of sp³-hybridized carbons (Fsp3) is 0.462. The number of piperazine rings is 1. The number of rotatable bonds is 3. The molecule has 7 heteroatoms. The van der Waals surface area contributed by atoms with E-state index in [0.717, 1.165) is 19.6 Å². The molecule has 1 aromatic carbocycles. The van der Waals surface area contributed by atoms with E-state index in [1.54, 1.807) is 18.2 Å². The molecule has 112 valence electrons. The van der Waals surface area contributed by atoms with Gasteiger partial charge in [-0.2, -0.15) is 0 Å². The second kappa shape index (κ2) is 8.05. The maximum absolute atomic E-state index is 12.0. The van der Waals surface area contributed by atoms with Crippen molar-refractivity contribution in [3.63, 3.8) is 0 Å². The van der Waals surface area contributed by atoms with E-state index >= 15 is 0 Å². The molecular weight excluding hydrogens is 321 g/mol. The summed E-state index contributed by atoms with van der Waals surface area (Å²) in [4.78, 5) is 14.2. The van der Waals surface area contributed by atoms with Gasteiger partial charge in [0.05, 0.1) is 17.3 Å². The van der Waals surface area contributed by atoms with Gasteiger partial charge in [0.25, 0.3) is 0 Å². The van der Waals surface area contributed by atoms with Crippen LogP contribution in [-0.4, -0.2) is 43.0 Å². The SMILES string of the molecule is C[C@H]1CNCCN1CC(=O)Nc1cc(Cl)ccc1Cl.Cl. The lowest BCUT2D eigenvalue weighted by atomic mass is 10.2. The zero-order valence-corrected chi connectivity index (χ0v) is 13.5. The van der Waals surface area contributed by atoms with Crippen LogP contribution in [0.25, 0.3) is 0 Å². The van der Waals surface area contributed by atoms with E-state index in [2.05, 4.69) is 22.5 Å². The van der Waals surface area contributed by atoms with E-state index in [-0.39, 0.29) is 18.3 Å². The third kappa shape index (κ3) is 4.79. The molecule has 1 heterocycles. The maximum Gasteiger partial charge on any atom is 0.238 e. The molecule has 1 amide bonds. The minimum absolute atomic E-state index is 0. The Morgan fingerprint density at radius 2 is 2.25 bits per heavy atom. The Balaban J connectivity index is 0.00000200.